The van der Waals surface area contributed by atoms with E-state index in [-0.39, 0.29) is 5.97 Å². The summed E-state index contributed by atoms with van der Waals surface area (Å²) in [6, 6.07) is 7.89. The van der Waals surface area contributed by atoms with E-state index >= 15 is 0 Å². The Balaban J connectivity index is 2.05. The van der Waals surface area contributed by atoms with Crippen LogP contribution in [0, 0.1) is 0 Å². The summed E-state index contributed by atoms with van der Waals surface area (Å²) >= 11 is 0. The fourth-order valence-electron chi connectivity index (χ4n) is 4.71. The maximum atomic E-state index is 12.2. The van der Waals surface area contributed by atoms with Crippen molar-refractivity contribution >= 4 is 22.9 Å². The normalized spacial score (nSPS) is 14.8. The third-order valence-corrected chi connectivity index (χ3v) is 5.99. The summed E-state index contributed by atoms with van der Waals surface area (Å²) in [5.41, 5.74) is 5.12. The topological polar surface area (TPSA) is 44.4 Å². The van der Waals surface area contributed by atoms with Crippen molar-refractivity contribution in [2.24, 2.45) is 0 Å². The van der Waals surface area contributed by atoms with Gasteiger partial charge in [0.1, 0.15) is 5.76 Å². The summed E-state index contributed by atoms with van der Waals surface area (Å²) in [7, 11) is 1.41. The molecule has 0 saturated heterocycles. The van der Waals surface area contributed by atoms with Crippen LogP contribution in [0.3, 0.4) is 0 Å². The van der Waals surface area contributed by atoms with Gasteiger partial charge in [-0.05, 0) is 48.6 Å². The number of furan rings is 1. The first-order valence-corrected chi connectivity index (χ1v) is 10.2. The monoisotopic (exact) mass is 389 g/mol. The number of carbonyl (C=O) groups is 1. The lowest BCUT2D eigenvalue weighted by Gasteiger charge is -2.23. The van der Waals surface area contributed by atoms with Crippen molar-refractivity contribution in [3.8, 4) is 11.3 Å². The van der Waals surface area contributed by atoms with Gasteiger partial charge in [-0.25, -0.2) is 4.79 Å². The Morgan fingerprint density at radius 3 is 2.72 bits per heavy atom. The molecule has 29 heavy (non-hydrogen) atoms. The van der Waals surface area contributed by atoms with Gasteiger partial charge < -0.3 is 13.7 Å². The number of ether oxygens (including phenoxy) is 1. The van der Waals surface area contributed by atoms with Gasteiger partial charge >= 0.3 is 5.97 Å². The Kier molecular flexibility index (Phi) is 5.43. The van der Waals surface area contributed by atoms with Crippen LogP contribution in [0.1, 0.15) is 59.7 Å². The predicted molar refractivity (Wildman–Crippen MR) is 117 cm³/mol. The van der Waals surface area contributed by atoms with E-state index in [1.807, 2.05) is 24.3 Å². The van der Waals surface area contributed by atoms with E-state index in [4.69, 9.17) is 9.15 Å². The third kappa shape index (κ3) is 3.33. The van der Waals surface area contributed by atoms with Crippen molar-refractivity contribution in [1.82, 2.24) is 4.57 Å². The predicted octanol–water partition coefficient (Wildman–Crippen LogP) is 6.56. The maximum absolute atomic E-state index is 12.2. The van der Waals surface area contributed by atoms with Crippen molar-refractivity contribution in [1.29, 1.82) is 0 Å². The number of allylic oxidation sites excluding steroid dienone is 1. The molecule has 0 atom stereocenters. The van der Waals surface area contributed by atoms with Crippen LogP contribution in [0.25, 0.3) is 28.2 Å². The molecule has 2 aromatic heterocycles. The lowest BCUT2D eigenvalue weighted by atomic mass is 9.81. The minimum atomic E-state index is -0.325. The van der Waals surface area contributed by atoms with Gasteiger partial charge in [0.25, 0.3) is 0 Å². The number of esters is 1. The van der Waals surface area contributed by atoms with Gasteiger partial charge in [-0.1, -0.05) is 38.0 Å². The molecule has 0 unspecified atom stereocenters. The Bertz CT molecular complexity index is 1060. The number of carbonyl (C=O) groups excluding carboxylic acids is 1. The number of hydrogen-bond donors (Lipinski definition) is 0. The number of aromatic nitrogens is 1. The van der Waals surface area contributed by atoms with Crippen LogP contribution in [0.15, 0.2) is 54.2 Å². The zero-order valence-corrected chi connectivity index (χ0v) is 16.9. The Labute approximate surface area is 171 Å². The summed E-state index contributed by atoms with van der Waals surface area (Å²) in [5.74, 6) is 0.932. The van der Waals surface area contributed by atoms with Crippen LogP contribution in [-0.4, -0.2) is 17.6 Å². The average Bonchev–Trinajstić information content (AvgIpc) is 3.36. The van der Waals surface area contributed by atoms with Crippen molar-refractivity contribution in [3.05, 3.63) is 66.6 Å². The molecule has 4 heteroatoms. The van der Waals surface area contributed by atoms with Gasteiger partial charge in [0.2, 0.25) is 0 Å². The van der Waals surface area contributed by atoms with E-state index in [0.717, 1.165) is 22.5 Å². The first-order valence-electron chi connectivity index (χ1n) is 10.2. The third-order valence-electron chi connectivity index (χ3n) is 5.99. The molecule has 1 fully saturated rings. The molecular weight excluding hydrogens is 362 g/mol. The van der Waals surface area contributed by atoms with Crippen LogP contribution in [0.2, 0.25) is 0 Å². The number of nitrogens with zero attached hydrogens (tertiary/aromatic N) is 1. The summed E-state index contributed by atoms with van der Waals surface area (Å²) in [6.45, 7) is 8.54. The number of benzene rings is 1. The molecule has 0 aliphatic heterocycles. The second-order valence-corrected chi connectivity index (χ2v) is 7.62. The number of hydrogen-bond acceptors (Lipinski definition) is 3. The fraction of sp³-hybridized carbons (Fsp3) is 0.320. The SMILES string of the molecule is C=CCn1c(-c2ccoc2C=C)c(C2CCCCC2)c2ccc(C(=O)OC)cc21. The first kappa shape index (κ1) is 19.3. The van der Waals surface area contributed by atoms with Crippen LogP contribution < -0.4 is 0 Å². The minimum absolute atomic E-state index is 0.325. The van der Waals surface area contributed by atoms with Gasteiger partial charge in [-0.3, -0.25) is 0 Å². The lowest BCUT2D eigenvalue weighted by Crippen LogP contribution is -2.07. The van der Waals surface area contributed by atoms with E-state index in [1.54, 1.807) is 12.3 Å². The lowest BCUT2D eigenvalue weighted by molar-refractivity contribution is 0.0601. The van der Waals surface area contributed by atoms with Gasteiger partial charge in [0.15, 0.2) is 0 Å². The molecule has 0 spiro atoms. The molecule has 1 aromatic carbocycles. The molecule has 0 radical (unpaired) electrons. The molecule has 0 bridgehead atoms. The van der Waals surface area contributed by atoms with Gasteiger partial charge in [0.05, 0.1) is 24.6 Å². The second-order valence-electron chi connectivity index (χ2n) is 7.62. The first-order chi connectivity index (χ1) is 14.2. The van der Waals surface area contributed by atoms with Crippen molar-refractivity contribution in [2.45, 2.75) is 44.6 Å². The molecule has 1 aliphatic carbocycles. The number of rotatable bonds is 6. The van der Waals surface area contributed by atoms with Gasteiger partial charge in [-0.15, -0.1) is 6.58 Å². The Morgan fingerprint density at radius 2 is 2.03 bits per heavy atom. The maximum Gasteiger partial charge on any atom is 0.337 e. The number of methoxy groups -OCH3 is 1. The van der Waals surface area contributed by atoms with Crippen LogP contribution >= 0.6 is 0 Å². The average molecular weight is 389 g/mol. The zero-order valence-electron chi connectivity index (χ0n) is 16.9. The summed E-state index contributed by atoms with van der Waals surface area (Å²) in [5, 5.41) is 1.19. The van der Waals surface area contributed by atoms with Crippen LogP contribution in [-0.2, 0) is 11.3 Å². The van der Waals surface area contributed by atoms with Crippen LogP contribution in [0.4, 0.5) is 0 Å². The molecule has 1 aliphatic rings. The van der Waals surface area contributed by atoms with Crippen molar-refractivity contribution < 1.29 is 13.9 Å². The van der Waals surface area contributed by atoms with Crippen molar-refractivity contribution in [2.75, 3.05) is 7.11 Å². The van der Waals surface area contributed by atoms with E-state index in [1.165, 1.54) is 50.2 Å². The molecule has 1 saturated carbocycles. The van der Waals surface area contributed by atoms with E-state index < -0.39 is 0 Å². The molecule has 3 aromatic rings. The second kappa shape index (κ2) is 8.16. The molecule has 150 valence electrons. The molecule has 4 nitrogen and oxygen atoms in total. The van der Waals surface area contributed by atoms with E-state index in [2.05, 4.69) is 23.8 Å². The van der Waals surface area contributed by atoms with Crippen molar-refractivity contribution in [3.63, 3.8) is 0 Å². The highest BCUT2D eigenvalue weighted by Gasteiger charge is 2.28. The summed E-state index contributed by atoms with van der Waals surface area (Å²) in [4.78, 5) is 12.2. The summed E-state index contributed by atoms with van der Waals surface area (Å²) < 4.78 is 12.9. The zero-order chi connectivity index (χ0) is 20.4. The number of fused-ring (bicyclic) bond motifs is 1. The fourth-order valence-corrected chi connectivity index (χ4v) is 4.71. The highest BCUT2D eigenvalue weighted by molar-refractivity contribution is 5.99. The Hall–Kier alpha value is -3.01. The molecular formula is C25H27NO3. The summed E-state index contributed by atoms with van der Waals surface area (Å²) in [6.07, 6.45) is 11.5. The largest absolute Gasteiger partial charge is 0.465 e. The molecule has 4 rings (SSSR count). The molecule has 2 heterocycles. The molecule has 0 amide bonds. The van der Waals surface area contributed by atoms with Crippen LogP contribution in [0.5, 0.6) is 0 Å². The highest BCUT2D eigenvalue weighted by atomic mass is 16.5. The highest BCUT2D eigenvalue weighted by Crippen LogP contribution is 2.45. The van der Waals surface area contributed by atoms with E-state index in [9.17, 15) is 4.79 Å². The quantitative estimate of drug-likeness (QED) is 0.354. The Morgan fingerprint density at radius 1 is 1.24 bits per heavy atom. The standard InChI is InChI=1S/C25H27NO3/c1-4-14-26-21-16-18(25(27)28-3)11-12-19(21)23(17-9-7-6-8-10-17)24(26)20-13-15-29-22(20)5-2/h4-5,11-13,15-17H,1-2,6-10,14H2,3H3. The molecule has 0 N–H and O–H groups in total. The smallest absolute Gasteiger partial charge is 0.337 e. The van der Waals surface area contributed by atoms with Gasteiger partial charge in [-0.2, -0.15) is 0 Å². The van der Waals surface area contributed by atoms with Gasteiger partial charge in [0, 0.05) is 23.0 Å². The van der Waals surface area contributed by atoms with E-state index in [0.29, 0.717) is 18.0 Å². The minimum Gasteiger partial charge on any atom is -0.465 e.